The number of ketones is 1. The lowest BCUT2D eigenvalue weighted by Gasteiger charge is -2.35. The average molecular weight is 209 g/mol. The molecule has 1 heterocycles. The van der Waals surface area contributed by atoms with E-state index in [0.29, 0.717) is 5.56 Å². The summed E-state index contributed by atoms with van der Waals surface area (Å²) in [5.41, 5.74) is 0.180. The van der Waals surface area contributed by atoms with E-state index in [9.17, 15) is 4.79 Å². The van der Waals surface area contributed by atoms with Crippen LogP contribution >= 0.6 is 0 Å². The van der Waals surface area contributed by atoms with Gasteiger partial charge in [-0.15, -0.1) is 0 Å². The fourth-order valence-corrected chi connectivity index (χ4v) is 1.90. The third-order valence-electron chi connectivity index (χ3n) is 2.89. The lowest BCUT2D eigenvalue weighted by molar-refractivity contribution is 0.0668. The van der Waals surface area contributed by atoms with Gasteiger partial charge in [0.15, 0.2) is 5.78 Å². The van der Waals surface area contributed by atoms with Crippen LogP contribution in [0.2, 0.25) is 0 Å². The first-order chi connectivity index (χ1) is 7.04. The van der Waals surface area contributed by atoms with Crippen LogP contribution in [-0.4, -0.2) is 29.3 Å². The first-order valence-electron chi connectivity index (χ1n) is 5.36. The van der Waals surface area contributed by atoms with Crippen LogP contribution in [0.4, 0.5) is 0 Å². The van der Waals surface area contributed by atoms with Gasteiger partial charge in [-0.05, 0) is 33.0 Å². The maximum absolute atomic E-state index is 12.2. The molecular formula is C12H19NO2. The van der Waals surface area contributed by atoms with Crippen molar-refractivity contribution in [2.75, 3.05) is 13.1 Å². The largest absolute Gasteiger partial charge is 0.472 e. The minimum Gasteiger partial charge on any atom is -0.472 e. The van der Waals surface area contributed by atoms with E-state index in [4.69, 9.17) is 4.42 Å². The van der Waals surface area contributed by atoms with Crippen molar-refractivity contribution in [2.24, 2.45) is 0 Å². The molecule has 1 rings (SSSR count). The number of furan rings is 1. The fourth-order valence-electron chi connectivity index (χ4n) is 1.90. The zero-order valence-corrected chi connectivity index (χ0v) is 9.91. The molecule has 3 nitrogen and oxygen atoms in total. The SMILES string of the molecule is CCN(CC)C(C)(C)C(=O)c1ccoc1. The van der Waals surface area contributed by atoms with Crippen molar-refractivity contribution < 1.29 is 9.21 Å². The van der Waals surface area contributed by atoms with Crippen molar-refractivity contribution in [2.45, 2.75) is 33.2 Å². The topological polar surface area (TPSA) is 33.5 Å². The molecule has 0 atom stereocenters. The summed E-state index contributed by atoms with van der Waals surface area (Å²) in [6, 6.07) is 1.72. The second-order valence-electron chi connectivity index (χ2n) is 4.07. The van der Waals surface area contributed by atoms with E-state index in [-0.39, 0.29) is 5.78 Å². The molecule has 0 saturated carbocycles. The number of nitrogens with zero attached hydrogens (tertiary/aromatic N) is 1. The van der Waals surface area contributed by atoms with E-state index < -0.39 is 5.54 Å². The van der Waals surface area contributed by atoms with Crippen LogP contribution in [0.15, 0.2) is 23.0 Å². The maximum Gasteiger partial charge on any atom is 0.185 e. The molecule has 0 radical (unpaired) electrons. The first-order valence-corrected chi connectivity index (χ1v) is 5.36. The van der Waals surface area contributed by atoms with E-state index >= 15 is 0 Å². The molecule has 0 amide bonds. The summed E-state index contributed by atoms with van der Waals surface area (Å²) in [7, 11) is 0. The van der Waals surface area contributed by atoms with Crippen LogP contribution in [0.5, 0.6) is 0 Å². The first kappa shape index (κ1) is 12.0. The molecule has 1 aromatic rings. The van der Waals surface area contributed by atoms with Crippen LogP contribution in [0.25, 0.3) is 0 Å². The van der Waals surface area contributed by atoms with Crippen molar-refractivity contribution in [3.8, 4) is 0 Å². The van der Waals surface area contributed by atoms with Crippen molar-refractivity contribution in [3.63, 3.8) is 0 Å². The summed E-state index contributed by atoms with van der Waals surface area (Å²) in [6.45, 7) is 9.77. The molecule has 0 aliphatic rings. The molecule has 0 aliphatic heterocycles. The van der Waals surface area contributed by atoms with Gasteiger partial charge in [0.05, 0.1) is 17.4 Å². The highest BCUT2D eigenvalue weighted by Gasteiger charge is 2.33. The highest BCUT2D eigenvalue weighted by Crippen LogP contribution is 2.20. The van der Waals surface area contributed by atoms with E-state index in [1.54, 1.807) is 6.07 Å². The Bertz CT molecular complexity index is 310. The second-order valence-corrected chi connectivity index (χ2v) is 4.07. The summed E-state index contributed by atoms with van der Waals surface area (Å²) in [4.78, 5) is 14.3. The third kappa shape index (κ3) is 2.29. The normalized spacial score (nSPS) is 12.1. The van der Waals surface area contributed by atoms with Gasteiger partial charge in [0.25, 0.3) is 0 Å². The fraction of sp³-hybridized carbons (Fsp3) is 0.583. The summed E-state index contributed by atoms with van der Waals surface area (Å²) in [6.07, 6.45) is 3.04. The molecule has 0 N–H and O–H groups in total. The zero-order chi connectivity index (χ0) is 11.5. The lowest BCUT2D eigenvalue weighted by Crippen LogP contribution is -2.49. The Morgan fingerprint density at radius 1 is 1.40 bits per heavy atom. The van der Waals surface area contributed by atoms with Crippen LogP contribution in [0.3, 0.4) is 0 Å². The van der Waals surface area contributed by atoms with Gasteiger partial charge >= 0.3 is 0 Å². The second kappa shape index (κ2) is 4.62. The number of carbonyl (C=O) groups excluding carboxylic acids is 1. The number of hydrogen-bond acceptors (Lipinski definition) is 3. The lowest BCUT2D eigenvalue weighted by atomic mass is 9.92. The number of rotatable bonds is 5. The molecular weight excluding hydrogens is 190 g/mol. The molecule has 0 spiro atoms. The maximum atomic E-state index is 12.2. The van der Waals surface area contributed by atoms with Gasteiger partial charge in [0, 0.05) is 0 Å². The molecule has 0 aromatic carbocycles. The van der Waals surface area contributed by atoms with Gasteiger partial charge < -0.3 is 4.42 Å². The highest BCUT2D eigenvalue weighted by atomic mass is 16.3. The quantitative estimate of drug-likeness (QED) is 0.699. The molecule has 0 unspecified atom stereocenters. The highest BCUT2D eigenvalue weighted by molar-refractivity contribution is 6.02. The Morgan fingerprint density at radius 2 is 2.00 bits per heavy atom. The van der Waals surface area contributed by atoms with Crippen molar-refractivity contribution in [1.29, 1.82) is 0 Å². The number of carbonyl (C=O) groups is 1. The number of Topliss-reactive ketones (excluding diaryl/α,β-unsaturated/α-hetero) is 1. The van der Waals surface area contributed by atoms with E-state index in [1.165, 1.54) is 12.5 Å². The number of hydrogen-bond donors (Lipinski definition) is 0. The molecule has 3 heteroatoms. The van der Waals surface area contributed by atoms with Crippen LogP contribution in [0, 0.1) is 0 Å². The molecule has 84 valence electrons. The van der Waals surface area contributed by atoms with E-state index in [0.717, 1.165) is 13.1 Å². The van der Waals surface area contributed by atoms with Gasteiger partial charge in [-0.25, -0.2) is 0 Å². The van der Waals surface area contributed by atoms with Gasteiger partial charge in [-0.2, -0.15) is 0 Å². The summed E-state index contributed by atoms with van der Waals surface area (Å²) in [5.74, 6) is 0.111. The molecule has 0 aliphatic carbocycles. The van der Waals surface area contributed by atoms with Crippen LogP contribution in [0.1, 0.15) is 38.1 Å². The predicted molar refractivity (Wildman–Crippen MR) is 60.0 cm³/mol. The van der Waals surface area contributed by atoms with Crippen molar-refractivity contribution in [3.05, 3.63) is 24.2 Å². The molecule has 1 aromatic heterocycles. The van der Waals surface area contributed by atoms with Gasteiger partial charge in [-0.3, -0.25) is 9.69 Å². The Balaban J connectivity index is 2.90. The molecule has 0 fully saturated rings. The Hall–Kier alpha value is -1.09. The summed E-state index contributed by atoms with van der Waals surface area (Å²) >= 11 is 0. The van der Waals surface area contributed by atoms with Gasteiger partial charge in [0.2, 0.25) is 0 Å². The minimum atomic E-state index is -0.465. The van der Waals surface area contributed by atoms with Gasteiger partial charge in [0.1, 0.15) is 6.26 Å². The minimum absolute atomic E-state index is 0.111. The Labute approximate surface area is 91.1 Å². The monoisotopic (exact) mass is 209 g/mol. The molecule has 0 bridgehead atoms. The smallest absolute Gasteiger partial charge is 0.185 e. The number of likely N-dealkylation sites (N-methyl/N-ethyl adjacent to an activating group) is 1. The average Bonchev–Trinajstić information content (AvgIpc) is 2.70. The Kier molecular flexibility index (Phi) is 3.69. The Morgan fingerprint density at radius 3 is 2.40 bits per heavy atom. The summed E-state index contributed by atoms with van der Waals surface area (Å²) < 4.78 is 4.94. The van der Waals surface area contributed by atoms with Crippen molar-refractivity contribution >= 4 is 5.78 Å². The predicted octanol–water partition coefficient (Wildman–Crippen LogP) is 2.58. The standard InChI is InChI=1S/C12H19NO2/c1-5-13(6-2)12(3,4)11(14)10-7-8-15-9-10/h7-9H,5-6H2,1-4H3. The van der Waals surface area contributed by atoms with Crippen molar-refractivity contribution in [1.82, 2.24) is 4.90 Å². The zero-order valence-electron chi connectivity index (χ0n) is 9.91. The molecule has 0 saturated heterocycles. The molecule has 15 heavy (non-hydrogen) atoms. The van der Waals surface area contributed by atoms with Crippen LogP contribution < -0.4 is 0 Å². The summed E-state index contributed by atoms with van der Waals surface area (Å²) in [5, 5.41) is 0. The third-order valence-corrected chi connectivity index (χ3v) is 2.89. The van der Waals surface area contributed by atoms with Gasteiger partial charge in [-0.1, -0.05) is 13.8 Å². The van der Waals surface area contributed by atoms with E-state index in [1.807, 2.05) is 13.8 Å². The van der Waals surface area contributed by atoms with Crippen LogP contribution in [-0.2, 0) is 0 Å². The van der Waals surface area contributed by atoms with E-state index in [2.05, 4.69) is 18.7 Å².